The Hall–Kier alpha value is -0.120. The highest BCUT2D eigenvalue weighted by Crippen LogP contribution is 2.32. The molecule has 0 amide bonds. The Labute approximate surface area is 92.6 Å². The van der Waals surface area contributed by atoms with Gasteiger partial charge in [-0.25, -0.2) is 0 Å². The molecule has 15 heavy (non-hydrogen) atoms. The van der Waals surface area contributed by atoms with Crippen LogP contribution < -0.4 is 5.73 Å². The van der Waals surface area contributed by atoms with Gasteiger partial charge < -0.3 is 10.8 Å². The zero-order valence-electron chi connectivity index (χ0n) is 9.57. The van der Waals surface area contributed by atoms with E-state index < -0.39 is 0 Å². The Morgan fingerprint density at radius 2 is 2.00 bits per heavy atom. The minimum Gasteiger partial charge on any atom is -0.392 e. The number of aliphatic hydroxyl groups excluding tert-OH is 1. The molecule has 88 valence electrons. The van der Waals surface area contributed by atoms with Crippen molar-refractivity contribution in [2.75, 3.05) is 19.6 Å². The predicted octanol–water partition coefficient (Wildman–Crippen LogP) is 0.961. The van der Waals surface area contributed by atoms with Gasteiger partial charge in [0.25, 0.3) is 0 Å². The molecule has 2 aliphatic rings. The lowest BCUT2D eigenvalue weighted by Crippen LogP contribution is -2.42. The van der Waals surface area contributed by atoms with Crippen LogP contribution in [0.15, 0.2) is 0 Å². The molecular formula is C12H24N2O. The van der Waals surface area contributed by atoms with Crippen LogP contribution >= 0.6 is 0 Å². The van der Waals surface area contributed by atoms with E-state index >= 15 is 0 Å². The maximum Gasteiger partial charge on any atom is 0.0679 e. The second kappa shape index (κ2) is 5.28. The third kappa shape index (κ3) is 2.71. The van der Waals surface area contributed by atoms with Gasteiger partial charge in [-0.1, -0.05) is 12.8 Å². The van der Waals surface area contributed by atoms with Gasteiger partial charge in [0.15, 0.2) is 0 Å². The van der Waals surface area contributed by atoms with Crippen LogP contribution in [0.4, 0.5) is 0 Å². The molecule has 1 saturated heterocycles. The molecule has 3 N–H and O–H groups in total. The SMILES string of the molecule is NCCC1CCCCC1N1CCC(O)C1. The molecule has 0 bridgehead atoms. The standard InChI is InChI=1S/C12H24N2O/c13-7-5-10-3-1-2-4-12(10)14-8-6-11(15)9-14/h10-12,15H,1-9,13H2. The van der Waals surface area contributed by atoms with E-state index in [1.807, 2.05) is 0 Å². The quantitative estimate of drug-likeness (QED) is 0.732. The lowest BCUT2D eigenvalue weighted by atomic mass is 9.81. The van der Waals surface area contributed by atoms with Crippen molar-refractivity contribution in [3.05, 3.63) is 0 Å². The summed E-state index contributed by atoms with van der Waals surface area (Å²) in [5.41, 5.74) is 5.68. The fourth-order valence-corrected chi connectivity index (χ4v) is 3.29. The second-order valence-electron chi connectivity index (χ2n) is 5.13. The molecule has 0 radical (unpaired) electrons. The molecule has 3 unspecified atom stereocenters. The first-order chi connectivity index (χ1) is 7.31. The summed E-state index contributed by atoms with van der Waals surface area (Å²) < 4.78 is 0. The molecule has 1 aliphatic heterocycles. The van der Waals surface area contributed by atoms with Crippen LogP contribution in [0.2, 0.25) is 0 Å². The Balaban J connectivity index is 1.92. The smallest absolute Gasteiger partial charge is 0.0679 e. The molecule has 0 aromatic rings. The first-order valence-corrected chi connectivity index (χ1v) is 6.43. The molecule has 3 heteroatoms. The third-order valence-electron chi connectivity index (χ3n) is 4.07. The van der Waals surface area contributed by atoms with E-state index in [1.54, 1.807) is 0 Å². The number of rotatable bonds is 3. The highest BCUT2D eigenvalue weighted by Gasteiger charge is 2.33. The van der Waals surface area contributed by atoms with E-state index in [1.165, 1.54) is 25.7 Å². The fourth-order valence-electron chi connectivity index (χ4n) is 3.29. The van der Waals surface area contributed by atoms with Crippen molar-refractivity contribution < 1.29 is 5.11 Å². The van der Waals surface area contributed by atoms with Gasteiger partial charge in [0.2, 0.25) is 0 Å². The van der Waals surface area contributed by atoms with Crippen molar-refractivity contribution in [2.45, 2.75) is 50.7 Å². The van der Waals surface area contributed by atoms with Crippen molar-refractivity contribution in [1.29, 1.82) is 0 Å². The van der Waals surface area contributed by atoms with Crippen molar-refractivity contribution in [1.82, 2.24) is 4.90 Å². The van der Waals surface area contributed by atoms with Gasteiger partial charge in [-0.2, -0.15) is 0 Å². The summed E-state index contributed by atoms with van der Waals surface area (Å²) in [6, 6.07) is 0.708. The van der Waals surface area contributed by atoms with Crippen molar-refractivity contribution in [2.24, 2.45) is 11.7 Å². The molecule has 0 aromatic heterocycles. The molecule has 1 heterocycles. The average molecular weight is 212 g/mol. The first kappa shape index (κ1) is 11.4. The monoisotopic (exact) mass is 212 g/mol. The van der Waals surface area contributed by atoms with Crippen molar-refractivity contribution in [3.63, 3.8) is 0 Å². The van der Waals surface area contributed by atoms with Gasteiger partial charge >= 0.3 is 0 Å². The number of nitrogens with zero attached hydrogens (tertiary/aromatic N) is 1. The number of β-amino-alcohol motifs (C(OH)–C–C–N with tert-alkyl or cyclic N) is 1. The number of likely N-dealkylation sites (tertiary alicyclic amines) is 1. The van der Waals surface area contributed by atoms with Gasteiger partial charge in [-0.05, 0) is 38.1 Å². The number of aliphatic hydroxyl groups is 1. The Morgan fingerprint density at radius 1 is 1.20 bits per heavy atom. The van der Waals surface area contributed by atoms with E-state index in [4.69, 9.17) is 5.73 Å². The maximum absolute atomic E-state index is 9.58. The third-order valence-corrected chi connectivity index (χ3v) is 4.07. The lowest BCUT2D eigenvalue weighted by Gasteiger charge is -2.38. The Bertz CT molecular complexity index is 191. The largest absolute Gasteiger partial charge is 0.392 e. The molecule has 2 fully saturated rings. The number of hydrogen-bond acceptors (Lipinski definition) is 3. The van der Waals surface area contributed by atoms with Gasteiger partial charge in [0.1, 0.15) is 0 Å². The van der Waals surface area contributed by atoms with Crippen LogP contribution in [-0.4, -0.2) is 41.8 Å². The van der Waals surface area contributed by atoms with Crippen LogP contribution in [0.1, 0.15) is 38.5 Å². The lowest BCUT2D eigenvalue weighted by molar-refractivity contribution is 0.102. The van der Waals surface area contributed by atoms with E-state index in [-0.39, 0.29) is 6.10 Å². The van der Waals surface area contributed by atoms with Crippen LogP contribution in [0.25, 0.3) is 0 Å². The summed E-state index contributed by atoms with van der Waals surface area (Å²) in [5, 5.41) is 9.58. The summed E-state index contributed by atoms with van der Waals surface area (Å²) in [6.07, 6.45) is 7.44. The normalized spacial score (nSPS) is 38.4. The predicted molar refractivity (Wildman–Crippen MR) is 61.6 cm³/mol. The molecule has 3 atom stereocenters. The fraction of sp³-hybridized carbons (Fsp3) is 1.00. The number of hydrogen-bond donors (Lipinski definition) is 2. The zero-order valence-corrected chi connectivity index (χ0v) is 9.57. The second-order valence-corrected chi connectivity index (χ2v) is 5.13. The topological polar surface area (TPSA) is 49.5 Å². The highest BCUT2D eigenvalue weighted by molar-refractivity contribution is 4.88. The zero-order chi connectivity index (χ0) is 10.7. The summed E-state index contributed by atoms with van der Waals surface area (Å²) in [6.45, 7) is 2.80. The van der Waals surface area contributed by atoms with Crippen LogP contribution in [0, 0.1) is 5.92 Å². The Morgan fingerprint density at radius 3 is 2.67 bits per heavy atom. The van der Waals surface area contributed by atoms with Gasteiger partial charge in [-0.15, -0.1) is 0 Å². The van der Waals surface area contributed by atoms with Crippen LogP contribution in [0.5, 0.6) is 0 Å². The maximum atomic E-state index is 9.58. The van der Waals surface area contributed by atoms with E-state index in [2.05, 4.69) is 4.90 Å². The van der Waals surface area contributed by atoms with Crippen molar-refractivity contribution in [3.8, 4) is 0 Å². The summed E-state index contributed by atoms with van der Waals surface area (Å²) in [7, 11) is 0. The molecule has 0 spiro atoms. The molecule has 2 rings (SSSR count). The van der Waals surface area contributed by atoms with E-state index in [9.17, 15) is 5.11 Å². The summed E-state index contributed by atoms with van der Waals surface area (Å²) >= 11 is 0. The van der Waals surface area contributed by atoms with Crippen LogP contribution in [0.3, 0.4) is 0 Å². The van der Waals surface area contributed by atoms with E-state index in [0.29, 0.717) is 6.04 Å². The molecule has 0 aromatic carbocycles. The van der Waals surface area contributed by atoms with Crippen LogP contribution in [-0.2, 0) is 0 Å². The van der Waals surface area contributed by atoms with E-state index in [0.717, 1.165) is 38.4 Å². The summed E-state index contributed by atoms with van der Waals surface area (Å²) in [5.74, 6) is 0.786. The van der Waals surface area contributed by atoms with Crippen molar-refractivity contribution >= 4 is 0 Å². The van der Waals surface area contributed by atoms with Gasteiger partial charge in [0, 0.05) is 19.1 Å². The molecule has 1 aliphatic carbocycles. The minimum absolute atomic E-state index is 0.0783. The average Bonchev–Trinajstić information content (AvgIpc) is 2.66. The number of nitrogens with two attached hydrogens (primary N) is 1. The highest BCUT2D eigenvalue weighted by atomic mass is 16.3. The summed E-state index contributed by atoms with van der Waals surface area (Å²) in [4.78, 5) is 2.50. The Kier molecular flexibility index (Phi) is 4.00. The minimum atomic E-state index is -0.0783. The first-order valence-electron chi connectivity index (χ1n) is 6.43. The van der Waals surface area contributed by atoms with Gasteiger partial charge in [-0.3, -0.25) is 4.90 Å². The molecule has 3 nitrogen and oxygen atoms in total. The molecule has 1 saturated carbocycles. The van der Waals surface area contributed by atoms with Gasteiger partial charge in [0.05, 0.1) is 6.10 Å². The molecular weight excluding hydrogens is 188 g/mol.